The standard InChI is InChI=1S/C19H24N2O3/c1-19(2,3)24-18(23)21-16(17(22)20-4)12-13-9-10-14-7-5-6-8-15(14)11-13/h5-11,16H,12H2,1-4H3,(H,20,22)(H,21,23). The summed E-state index contributed by atoms with van der Waals surface area (Å²) in [6.45, 7) is 5.35. The zero-order valence-corrected chi connectivity index (χ0v) is 14.6. The second-order valence-electron chi connectivity index (χ2n) is 6.70. The van der Waals surface area contributed by atoms with Crippen LogP contribution in [0.1, 0.15) is 26.3 Å². The summed E-state index contributed by atoms with van der Waals surface area (Å²) >= 11 is 0. The lowest BCUT2D eigenvalue weighted by Gasteiger charge is -2.23. The Morgan fingerprint density at radius 3 is 2.38 bits per heavy atom. The molecule has 0 aliphatic rings. The van der Waals surface area contributed by atoms with E-state index in [1.54, 1.807) is 27.8 Å². The van der Waals surface area contributed by atoms with Crippen LogP contribution in [0, 0.1) is 0 Å². The molecule has 5 heteroatoms. The average molecular weight is 328 g/mol. The number of ether oxygens (including phenoxy) is 1. The van der Waals surface area contributed by atoms with Gasteiger partial charge in [0.2, 0.25) is 5.91 Å². The number of fused-ring (bicyclic) bond motifs is 1. The van der Waals surface area contributed by atoms with Crippen molar-refractivity contribution >= 4 is 22.8 Å². The molecule has 0 aliphatic heterocycles. The topological polar surface area (TPSA) is 67.4 Å². The van der Waals surface area contributed by atoms with Crippen LogP contribution in [0.25, 0.3) is 10.8 Å². The number of likely N-dealkylation sites (N-methyl/N-ethyl adjacent to an activating group) is 1. The van der Waals surface area contributed by atoms with E-state index in [4.69, 9.17) is 4.74 Å². The quantitative estimate of drug-likeness (QED) is 0.906. The van der Waals surface area contributed by atoms with Crippen molar-refractivity contribution in [1.29, 1.82) is 0 Å². The zero-order valence-electron chi connectivity index (χ0n) is 14.6. The number of rotatable bonds is 4. The molecule has 1 atom stereocenters. The normalized spacial score (nSPS) is 12.5. The van der Waals surface area contributed by atoms with Crippen LogP contribution in [0.2, 0.25) is 0 Å². The molecule has 1 unspecified atom stereocenters. The Labute approximate surface area is 142 Å². The summed E-state index contributed by atoms with van der Waals surface area (Å²) in [5, 5.41) is 7.47. The summed E-state index contributed by atoms with van der Waals surface area (Å²) in [7, 11) is 1.55. The Morgan fingerprint density at radius 1 is 1.08 bits per heavy atom. The van der Waals surface area contributed by atoms with Gasteiger partial charge in [0.25, 0.3) is 0 Å². The second-order valence-corrected chi connectivity index (χ2v) is 6.70. The lowest BCUT2D eigenvalue weighted by Crippen LogP contribution is -2.48. The minimum atomic E-state index is -0.689. The molecule has 0 saturated carbocycles. The summed E-state index contributed by atoms with van der Waals surface area (Å²) in [5.74, 6) is -0.256. The van der Waals surface area contributed by atoms with Gasteiger partial charge in [-0.15, -0.1) is 0 Å². The Morgan fingerprint density at radius 2 is 1.75 bits per heavy atom. The summed E-state index contributed by atoms with van der Waals surface area (Å²) in [6, 6.07) is 13.3. The third-order valence-electron chi connectivity index (χ3n) is 3.51. The van der Waals surface area contributed by atoms with Crippen molar-refractivity contribution in [2.24, 2.45) is 0 Å². The highest BCUT2D eigenvalue weighted by Gasteiger charge is 2.24. The Balaban J connectivity index is 2.15. The van der Waals surface area contributed by atoms with Gasteiger partial charge in [0, 0.05) is 13.5 Å². The maximum absolute atomic E-state index is 12.1. The van der Waals surface area contributed by atoms with E-state index < -0.39 is 17.7 Å². The number of carbonyl (C=O) groups is 2. The van der Waals surface area contributed by atoms with Crippen LogP contribution in [0.5, 0.6) is 0 Å². The predicted molar refractivity (Wildman–Crippen MR) is 94.9 cm³/mol. The van der Waals surface area contributed by atoms with E-state index in [0.29, 0.717) is 6.42 Å². The molecular formula is C19H24N2O3. The van der Waals surface area contributed by atoms with Crippen molar-refractivity contribution < 1.29 is 14.3 Å². The fraction of sp³-hybridized carbons (Fsp3) is 0.368. The lowest BCUT2D eigenvalue weighted by molar-refractivity contribution is -0.122. The summed E-state index contributed by atoms with van der Waals surface area (Å²) in [6.07, 6.45) is -0.207. The number of carbonyl (C=O) groups excluding carboxylic acids is 2. The molecule has 0 fully saturated rings. The van der Waals surface area contributed by atoms with Crippen molar-refractivity contribution in [2.45, 2.75) is 38.8 Å². The third-order valence-corrected chi connectivity index (χ3v) is 3.51. The summed E-state index contributed by atoms with van der Waals surface area (Å²) in [5.41, 5.74) is 0.360. The molecule has 0 aliphatic carbocycles. The van der Waals surface area contributed by atoms with Gasteiger partial charge in [0.15, 0.2) is 0 Å². The number of hydrogen-bond donors (Lipinski definition) is 2. The fourth-order valence-electron chi connectivity index (χ4n) is 2.43. The van der Waals surface area contributed by atoms with E-state index in [2.05, 4.69) is 10.6 Å². The maximum atomic E-state index is 12.1. The first-order chi connectivity index (χ1) is 11.3. The molecule has 2 amide bonds. The molecule has 0 aromatic heterocycles. The van der Waals surface area contributed by atoms with E-state index >= 15 is 0 Å². The SMILES string of the molecule is CNC(=O)C(Cc1ccc2ccccc2c1)NC(=O)OC(C)(C)C. The number of benzene rings is 2. The molecule has 0 saturated heterocycles. The van der Waals surface area contributed by atoms with Gasteiger partial charge in [-0.25, -0.2) is 4.79 Å². The van der Waals surface area contributed by atoms with E-state index in [0.717, 1.165) is 16.3 Å². The van der Waals surface area contributed by atoms with Crippen LogP contribution in [0.4, 0.5) is 4.79 Å². The van der Waals surface area contributed by atoms with Crippen molar-refractivity contribution in [2.75, 3.05) is 7.05 Å². The molecule has 2 N–H and O–H groups in total. The van der Waals surface area contributed by atoms with Crippen LogP contribution < -0.4 is 10.6 Å². The zero-order chi connectivity index (χ0) is 17.7. The summed E-state index contributed by atoms with van der Waals surface area (Å²) in [4.78, 5) is 24.1. The highest BCUT2D eigenvalue weighted by atomic mass is 16.6. The monoisotopic (exact) mass is 328 g/mol. The highest BCUT2D eigenvalue weighted by molar-refractivity contribution is 5.86. The van der Waals surface area contributed by atoms with Crippen LogP contribution >= 0.6 is 0 Å². The molecule has 0 radical (unpaired) electrons. The number of hydrogen-bond acceptors (Lipinski definition) is 3. The van der Waals surface area contributed by atoms with Crippen molar-refractivity contribution in [3.05, 3.63) is 48.0 Å². The van der Waals surface area contributed by atoms with Crippen molar-refractivity contribution in [3.8, 4) is 0 Å². The predicted octanol–water partition coefficient (Wildman–Crippen LogP) is 3.02. The van der Waals surface area contributed by atoms with Crippen LogP contribution in [0.3, 0.4) is 0 Å². The van der Waals surface area contributed by atoms with Crippen molar-refractivity contribution in [1.82, 2.24) is 10.6 Å². The molecule has 2 aromatic carbocycles. The smallest absolute Gasteiger partial charge is 0.408 e. The van der Waals surface area contributed by atoms with Gasteiger partial charge in [0.1, 0.15) is 11.6 Å². The maximum Gasteiger partial charge on any atom is 0.408 e. The number of amides is 2. The van der Waals surface area contributed by atoms with Crippen LogP contribution in [-0.2, 0) is 16.0 Å². The Hall–Kier alpha value is -2.56. The first-order valence-electron chi connectivity index (χ1n) is 7.97. The second kappa shape index (κ2) is 7.34. The average Bonchev–Trinajstić information content (AvgIpc) is 2.51. The van der Waals surface area contributed by atoms with Crippen LogP contribution in [0.15, 0.2) is 42.5 Å². The van der Waals surface area contributed by atoms with Gasteiger partial charge in [-0.2, -0.15) is 0 Å². The minimum Gasteiger partial charge on any atom is -0.444 e. The third kappa shape index (κ3) is 4.98. The fourth-order valence-corrected chi connectivity index (χ4v) is 2.43. The number of alkyl carbamates (subject to hydrolysis) is 1. The van der Waals surface area contributed by atoms with Crippen LogP contribution in [-0.4, -0.2) is 30.7 Å². The molecule has 2 aromatic rings. The lowest BCUT2D eigenvalue weighted by atomic mass is 10.0. The highest BCUT2D eigenvalue weighted by Crippen LogP contribution is 2.17. The van der Waals surface area contributed by atoms with E-state index in [9.17, 15) is 9.59 Å². The van der Waals surface area contributed by atoms with Gasteiger partial charge < -0.3 is 15.4 Å². The molecule has 128 valence electrons. The van der Waals surface area contributed by atoms with E-state index in [1.165, 1.54) is 0 Å². The Bertz CT molecular complexity index is 735. The molecule has 24 heavy (non-hydrogen) atoms. The molecule has 0 bridgehead atoms. The van der Waals surface area contributed by atoms with E-state index in [-0.39, 0.29) is 5.91 Å². The van der Waals surface area contributed by atoms with Gasteiger partial charge >= 0.3 is 6.09 Å². The van der Waals surface area contributed by atoms with Gasteiger partial charge in [-0.05, 0) is 37.1 Å². The summed E-state index contributed by atoms with van der Waals surface area (Å²) < 4.78 is 5.24. The van der Waals surface area contributed by atoms with Gasteiger partial charge in [0.05, 0.1) is 0 Å². The van der Waals surface area contributed by atoms with Crippen molar-refractivity contribution in [3.63, 3.8) is 0 Å². The van der Waals surface area contributed by atoms with Gasteiger partial charge in [-0.1, -0.05) is 42.5 Å². The largest absolute Gasteiger partial charge is 0.444 e. The first kappa shape index (κ1) is 17.8. The Kier molecular flexibility index (Phi) is 5.44. The van der Waals surface area contributed by atoms with Gasteiger partial charge in [-0.3, -0.25) is 4.79 Å². The molecular weight excluding hydrogens is 304 g/mol. The molecule has 0 heterocycles. The molecule has 2 rings (SSSR count). The minimum absolute atomic E-state index is 0.256. The number of nitrogens with one attached hydrogen (secondary N) is 2. The molecule has 0 spiro atoms. The molecule has 5 nitrogen and oxygen atoms in total. The van der Waals surface area contributed by atoms with E-state index in [1.807, 2.05) is 42.5 Å². The first-order valence-corrected chi connectivity index (χ1v) is 7.97.